The zero-order valence-corrected chi connectivity index (χ0v) is 24.6. The zero-order valence-electron chi connectivity index (χ0n) is 21.3. The van der Waals surface area contributed by atoms with Gasteiger partial charge in [-0.25, -0.2) is 9.36 Å². The van der Waals surface area contributed by atoms with Gasteiger partial charge in [0.25, 0.3) is 5.56 Å². The Labute approximate surface area is 233 Å². The summed E-state index contributed by atoms with van der Waals surface area (Å²) in [6, 6.07) is 9.51. The number of alkyl halides is 2. The number of hydrogen-bond acceptors (Lipinski definition) is 9. The Morgan fingerprint density at radius 3 is 2.55 bits per heavy atom. The Kier molecular flexibility index (Phi) is 9.71. The first-order chi connectivity index (χ1) is 17.6. The molecule has 0 radical (unpaired) electrons. The summed E-state index contributed by atoms with van der Waals surface area (Å²) in [5.74, 6) is -0.501. The highest BCUT2D eigenvalue weighted by Gasteiger charge is 2.55. The number of aliphatic hydroxyl groups excluding tert-OH is 1. The predicted octanol–water partition coefficient (Wildman–Crippen LogP) is 3.64. The fourth-order valence-corrected chi connectivity index (χ4v) is 6.37. The first kappa shape index (κ1) is 30.6. The van der Waals surface area contributed by atoms with Gasteiger partial charge in [0, 0.05) is 18.2 Å². The average Bonchev–Trinajstić information content (AvgIpc) is 3.04. The molecule has 0 aliphatic carbocycles. The number of para-hydroxylation sites is 1. The van der Waals surface area contributed by atoms with E-state index >= 15 is 0 Å². The van der Waals surface area contributed by atoms with Gasteiger partial charge in [0.1, 0.15) is 18.0 Å². The molecule has 0 bridgehead atoms. The topological polar surface area (TPSA) is 146 Å². The van der Waals surface area contributed by atoms with Crippen molar-refractivity contribution >= 4 is 41.1 Å². The minimum absolute atomic E-state index is 0.00640. The zero-order chi connectivity index (χ0) is 28.3. The maximum absolute atomic E-state index is 13.8. The third-order valence-corrected chi connectivity index (χ3v) is 8.93. The van der Waals surface area contributed by atoms with E-state index in [0.717, 1.165) is 10.6 Å². The molecule has 14 heteroatoms. The SMILES string of the molecule is C[C@@H](COC(=O)C(C)(C)C)CP(=O)(OC[C@H]1O[C@@H](n2ccc(=O)[nH]c2=O)[C@](Cl)(Br)[C@@H]1O)Oc1ccccc1. The van der Waals surface area contributed by atoms with Gasteiger partial charge in [0.2, 0.25) is 0 Å². The molecular weight excluding hydrogens is 607 g/mol. The van der Waals surface area contributed by atoms with Crippen LogP contribution < -0.4 is 15.8 Å². The van der Waals surface area contributed by atoms with E-state index < -0.39 is 65.0 Å². The van der Waals surface area contributed by atoms with Crippen LogP contribution in [0.4, 0.5) is 0 Å². The van der Waals surface area contributed by atoms with Crippen LogP contribution in [0.5, 0.6) is 5.75 Å². The van der Waals surface area contributed by atoms with Crippen molar-refractivity contribution in [3.63, 3.8) is 0 Å². The van der Waals surface area contributed by atoms with Gasteiger partial charge in [-0.3, -0.25) is 23.7 Å². The van der Waals surface area contributed by atoms with E-state index in [0.29, 0.717) is 5.75 Å². The third kappa shape index (κ3) is 7.58. The first-order valence-electron chi connectivity index (χ1n) is 11.8. The standard InChI is InChI=1S/C24H31BrClN2O9P/c1-15(12-34-21(31)23(2,3)4)14-38(33,37-16-8-6-5-7-9-16)35-13-17-19(30)24(25,26)20(36-17)28-11-10-18(29)27-22(28)32/h5-11,15,17,19-20,30H,12-14H2,1-4H3,(H,27,29,32)/t15-,17+,19+,20+,24-,38?/m0/s1. The summed E-state index contributed by atoms with van der Waals surface area (Å²) in [4.78, 5) is 38.0. The van der Waals surface area contributed by atoms with Gasteiger partial charge in [-0.05, 0) is 32.9 Å². The fraction of sp³-hybridized carbons (Fsp3) is 0.542. The number of halogens is 2. The Hall–Kier alpha value is -1.95. The van der Waals surface area contributed by atoms with Crippen molar-refractivity contribution in [2.45, 2.75) is 49.9 Å². The molecule has 0 saturated carbocycles. The molecule has 1 aliphatic rings. The molecule has 0 spiro atoms. The summed E-state index contributed by atoms with van der Waals surface area (Å²) in [6.07, 6.45) is -2.70. The van der Waals surface area contributed by atoms with Gasteiger partial charge in [-0.15, -0.1) is 0 Å². The Morgan fingerprint density at radius 1 is 1.29 bits per heavy atom. The minimum Gasteiger partial charge on any atom is -0.465 e. The number of esters is 1. The molecule has 2 heterocycles. The lowest BCUT2D eigenvalue weighted by Gasteiger charge is -2.25. The number of hydrogen-bond donors (Lipinski definition) is 2. The van der Waals surface area contributed by atoms with Crippen LogP contribution in [0.1, 0.15) is 33.9 Å². The summed E-state index contributed by atoms with van der Waals surface area (Å²) in [5.41, 5.74) is -2.09. The summed E-state index contributed by atoms with van der Waals surface area (Å²) in [7, 11) is -3.88. The quantitative estimate of drug-likeness (QED) is 0.227. The molecule has 2 N–H and O–H groups in total. The summed E-state index contributed by atoms with van der Waals surface area (Å²) in [6.45, 7) is 6.52. The van der Waals surface area contributed by atoms with Crippen molar-refractivity contribution < 1.29 is 33.0 Å². The van der Waals surface area contributed by atoms with Crippen LogP contribution in [-0.2, 0) is 23.4 Å². The molecule has 38 heavy (non-hydrogen) atoms. The van der Waals surface area contributed by atoms with Crippen molar-refractivity contribution in [2.24, 2.45) is 11.3 Å². The van der Waals surface area contributed by atoms with E-state index in [1.165, 1.54) is 6.20 Å². The number of aliphatic hydroxyl groups is 1. The third-order valence-electron chi connectivity index (χ3n) is 5.55. The number of rotatable bonds is 10. The highest BCUT2D eigenvalue weighted by molar-refractivity contribution is 9.10. The molecule has 11 nitrogen and oxygen atoms in total. The van der Waals surface area contributed by atoms with E-state index in [9.17, 15) is 24.1 Å². The van der Waals surface area contributed by atoms with E-state index in [4.69, 9.17) is 30.1 Å². The number of ether oxygens (including phenoxy) is 2. The van der Waals surface area contributed by atoms with Crippen molar-refractivity contribution in [3.8, 4) is 5.75 Å². The number of aromatic amines is 1. The summed E-state index contributed by atoms with van der Waals surface area (Å²) < 4.78 is 35.8. The number of nitrogens with zero attached hydrogens (tertiary/aromatic N) is 1. The van der Waals surface area contributed by atoms with Gasteiger partial charge in [-0.1, -0.05) is 52.7 Å². The molecule has 1 aromatic carbocycles. The predicted molar refractivity (Wildman–Crippen MR) is 144 cm³/mol. The van der Waals surface area contributed by atoms with Crippen LogP contribution in [0, 0.1) is 11.3 Å². The van der Waals surface area contributed by atoms with Crippen molar-refractivity contribution in [1.82, 2.24) is 9.55 Å². The van der Waals surface area contributed by atoms with E-state index in [-0.39, 0.29) is 12.8 Å². The number of carbonyl (C=O) groups is 1. The molecule has 1 fully saturated rings. The van der Waals surface area contributed by atoms with Gasteiger partial charge in [0.15, 0.2) is 10.0 Å². The van der Waals surface area contributed by atoms with Crippen LogP contribution in [0.2, 0.25) is 0 Å². The molecule has 1 aliphatic heterocycles. The molecular formula is C24H31BrClN2O9P. The second-order valence-corrected chi connectivity index (χ2v) is 14.5. The van der Waals surface area contributed by atoms with Crippen molar-refractivity contribution in [3.05, 3.63) is 63.4 Å². The largest absolute Gasteiger partial charge is 0.465 e. The summed E-state index contributed by atoms with van der Waals surface area (Å²) >= 11 is 9.69. The molecule has 1 saturated heterocycles. The van der Waals surface area contributed by atoms with E-state index in [2.05, 4.69) is 20.9 Å². The molecule has 1 unspecified atom stereocenters. The Bertz CT molecular complexity index is 1280. The normalized spacial score (nSPS) is 25.9. The number of nitrogens with one attached hydrogen (secondary N) is 1. The number of H-pyrrole nitrogens is 1. The molecule has 6 atom stereocenters. The second kappa shape index (κ2) is 12.1. The summed E-state index contributed by atoms with van der Waals surface area (Å²) in [5, 5.41) is 10.8. The van der Waals surface area contributed by atoms with Crippen LogP contribution in [0.25, 0.3) is 0 Å². The smallest absolute Gasteiger partial charge is 0.379 e. The first-order valence-corrected chi connectivity index (χ1v) is 14.7. The molecule has 2 aromatic rings. The van der Waals surface area contributed by atoms with E-state index in [1.54, 1.807) is 58.0 Å². The lowest BCUT2D eigenvalue weighted by Crippen LogP contribution is -2.40. The Morgan fingerprint density at radius 2 is 1.95 bits per heavy atom. The van der Waals surface area contributed by atoms with Crippen LogP contribution in [0.15, 0.2) is 52.2 Å². The lowest BCUT2D eigenvalue weighted by atomic mass is 9.97. The lowest BCUT2D eigenvalue weighted by molar-refractivity contribution is -0.154. The molecule has 1 aromatic heterocycles. The number of benzene rings is 1. The van der Waals surface area contributed by atoms with Crippen LogP contribution >= 0.6 is 35.1 Å². The number of aromatic nitrogens is 2. The maximum atomic E-state index is 13.8. The maximum Gasteiger partial charge on any atom is 0.379 e. The fourth-order valence-electron chi connectivity index (χ4n) is 3.53. The Balaban J connectivity index is 1.75. The van der Waals surface area contributed by atoms with Crippen LogP contribution in [-0.4, -0.2) is 56.0 Å². The van der Waals surface area contributed by atoms with E-state index in [1.807, 2.05) is 0 Å². The van der Waals surface area contributed by atoms with Gasteiger partial charge >= 0.3 is 19.3 Å². The molecule has 210 valence electrons. The van der Waals surface area contributed by atoms with Gasteiger partial charge in [0.05, 0.1) is 24.8 Å². The second-order valence-electron chi connectivity index (χ2n) is 10.1. The average molecular weight is 638 g/mol. The minimum atomic E-state index is -3.88. The number of carbonyl (C=O) groups excluding carboxylic acids is 1. The highest BCUT2D eigenvalue weighted by atomic mass is 79.9. The van der Waals surface area contributed by atoms with Gasteiger partial charge in [-0.2, -0.15) is 0 Å². The van der Waals surface area contributed by atoms with Crippen molar-refractivity contribution in [2.75, 3.05) is 19.4 Å². The highest BCUT2D eigenvalue weighted by Crippen LogP contribution is 2.52. The van der Waals surface area contributed by atoms with Gasteiger partial charge < -0.3 is 19.1 Å². The molecule has 3 rings (SSSR count). The molecule has 0 amide bonds. The van der Waals surface area contributed by atoms with Crippen LogP contribution in [0.3, 0.4) is 0 Å². The monoisotopic (exact) mass is 636 g/mol. The van der Waals surface area contributed by atoms with Crippen molar-refractivity contribution in [1.29, 1.82) is 0 Å².